The van der Waals surface area contributed by atoms with Gasteiger partial charge in [-0.1, -0.05) is 0 Å². The predicted octanol–water partition coefficient (Wildman–Crippen LogP) is 3.39. The largest absolute Gasteiger partial charge is 0.449 e. The van der Waals surface area contributed by atoms with Gasteiger partial charge in [0.15, 0.2) is 6.10 Å². The van der Waals surface area contributed by atoms with E-state index in [-0.39, 0.29) is 5.91 Å². The van der Waals surface area contributed by atoms with E-state index < -0.39 is 12.1 Å². The Bertz CT molecular complexity index is 810. The summed E-state index contributed by atoms with van der Waals surface area (Å²) in [6.45, 7) is 8.55. The molecule has 2 heterocycles. The summed E-state index contributed by atoms with van der Waals surface area (Å²) >= 11 is 1.54. The van der Waals surface area contributed by atoms with Crippen LogP contribution < -0.4 is 10.2 Å². The van der Waals surface area contributed by atoms with Crippen LogP contribution in [0.25, 0.3) is 0 Å². The number of carbonyl (C=O) groups is 2. The third-order valence-electron chi connectivity index (χ3n) is 4.43. The molecule has 1 amide bonds. The van der Waals surface area contributed by atoms with Crippen LogP contribution in [-0.4, -0.2) is 44.3 Å². The highest BCUT2D eigenvalue weighted by molar-refractivity contribution is 7.12. The zero-order valence-corrected chi connectivity index (χ0v) is 16.6. The van der Waals surface area contributed by atoms with Crippen LogP contribution in [0.5, 0.6) is 0 Å². The first-order valence-electron chi connectivity index (χ1n) is 8.95. The molecule has 144 valence electrons. The number of esters is 1. The molecule has 0 saturated carbocycles. The summed E-state index contributed by atoms with van der Waals surface area (Å²) in [7, 11) is 0. The molecule has 0 radical (unpaired) electrons. The number of amides is 1. The first kappa shape index (κ1) is 19.4. The van der Waals surface area contributed by atoms with E-state index in [1.54, 1.807) is 13.0 Å². The second-order valence-corrected chi connectivity index (χ2v) is 7.97. The van der Waals surface area contributed by atoms with Gasteiger partial charge in [0.25, 0.3) is 5.91 Å². The number of nitrogens with zero attached hydrogens (tertiary/aromatic N) is 1. The Kier molecular flexibility index (Phi) is 6.13. The topological polar surface area (TPSA) is 67.9 Å². The Morgan fingerprint density at radius 1 is 1.19 bits per heavy atom. The standard InChI is InChI=1S/C20H24N2O4S/c1-13-12-18(15(3)27-13)20(24)26-14(2)19(23)21-16-4-6-17(7-5-16)22-8-10-25-11-9-22/h4-7,12,14H,8-11H2,1-3H3,(H,21,23)/t14-/m0/s1. The summed E-state index contributed by atoms with van der Waals surface area (Å²) in [5.74, 6) is -0.825. The molecule has 1 saturated heterocycles. The van der Waals surface area contributed by atoms with Gasteiger partial charge in [-0.2, -0.15) is 0 Å². The maximum Gasteiger partial charge on any atom is 0.340 e. The lowest BCUT2D eigenvalue weighted by Crippen LogP contribution is -2.36. The fourth-order valence-electron chi connectivity index (χ4n) is 2.93. The lowest BCUT2D eigenvalue weighted by atomic mass is 10.2. The van der Waals surface area contributed by atoms with Crippen LogP contribution in [0, 0.1) is 13.8 Å². The zero-order chi connectivity index (χ0) is 19.4. The van der Waals surface area contributed by atoms with E-state index in [4.69, 9.17) is 9.47 Å². The third-order valence-corrected chi connectivity index (χ3v) is 5.39. The first-order chi connectivity index (χ1) is 12.9. The smallest absolute Gasteiger partial charge is 0.340 e. The minimum atomic E-state index is -0.879. The summed E-state index contributed by atoms with van der Waals surface area (Å²) in [6.07, 6.45) is -0.879. The molecule has 1 fully saturated rings. The van der Waals surface area contributed by atoms with Crippen molar-refractivity contribution >= 4 is 34.6 Å². The van der Waals surface area contributed by atoms with Crippen molar-refractivity contribution in [3.05, 3.63) is 45.6 Å². The van der Waals surface area contributed by atoms with E-state index in [0.29, 0.717) is 11.3 Å². The van der Waals surface area contributed by atoms with Crippen LogP contribution in [0.3, 0.4) is 0 Å². The minimum Gasteiger partial charge on any atom is -0.449 e. The van der Waals surface area contributed by atoms with Crippen molar-refractivity contribution in [1.29, 1.82) is 0 Å². The quantitative estimate of drug-likeness (QED) is 0.796. The average molecular weight is 388 g/mol. The van der Waals surface area contributed by atoms with Gasteiger partial charge in [0.1, 0.15) is 0 Å². The Labute approximate surface area is 163 Å². The highest BCUT2D eigenvalue weighted by Crippen LogP contribution is 2.22. The molecule has 0 spiro atoms. The van der Waals surface area contributed by atoms with Crippen molar-refractivity contribution < 1.29 is 19.1 Å². The monoisotopic (exact) mass is 388 g/mol. The van der Waals surface area contributed by atoms with Crippen molar-refractivity contribution in [2.24, 2.45) is 0 Å². The molecule has 1 aliphatic heterocycles. The van der Waals surface area contributed by atoms with Crippen LogP contribution in [-0.2, 0) is 14.3 Å². The molecule has 0 unspecified atom stereocenters. The third kappa shape index (κ3) is 4.87. The van der Waals surface area contributed by atoms with E-state index in [9.17, 15) is 9.59 Å². The number of ether oxygens (including phenoxy) is 2. The van der Waals surface area contributed by atoms with Crippen molar-refractivity contribution in [2.45, 2.75) is 26.9 Å². The molecule has 6 nitrogen and oxygen atoms in total. The molecule has 7 heteroatoms. The molecule has 1 aromatic heterocycles. The van der Waals surface area contributed by atoms with Gasteiger partial charge in [-0.25, -0.2) is 4.79 Å². The van der Waals surface area contributed by atoms with Gasteiger partial charge in [-0.05, 0) is 51.1 Å². The molecule has 0 aliphatic carbocycles. The Balaban J connectivity index is 1.56. The van der Waals surface area contributed by atoms with E-state index in [2.05, 4.69) is 10.2 Å². The fourth-order valence-corrected chi connectivity index (χ4v) is 3.84. The van der Waals surface area contributed by atoms with Gasteiger partial charge >= 0.3 is 5.97 Å². The number of carbonyl (C=O) groups excluding carboxylic acids is 2. The predicted molar refractivity (Wildman–Crippen MR) is 107 cm³/mol. The Hall–Kier alpha value is -2.38. The number of benzene rings is 1. The minimum absolute atomic E-state index is 0.355. The van der Waals surface area contributed by atoms with Gasteiger partial charge in [0.05, 0.1) is 18.8 Å². The summed E-state index contributed by atoms with van der Waals surface area (Å²) < 4.78 is 10.7. The molecule has 1 aliphatic rings. The van der Waals surface area contributed by atoms with Gasteiger partial charge in [-0.15, -0.1) is 11.3 Å². The maximum absolute atomic E-state index is 12.3. The molecule has 2 aromatic rings. The van der Waals surface area contributed by atoms with Gasteiger partial charge in [0.2, 0.25) is 0 Å². The number of hydrogen-bond donors (Lipinski definition) is 1. The molecule has 27 heavy (non-hydrogen) atoms. The van der Waals surface area contributed by atoms with Crippen LogP contribution in [0.1, 0.15) is 27.0 Å². The molecule has 1 aromatic carbocycles. The first-order valence-corrected chi connectivity index (χ1v) is 9.77. The van der Waals surface area contributed by atoms with Crippen molar-refractivity contribution in [3.63, 3.8) is 0 Å². The summed E-state index contributed by atoms with van der Waals surface area (Å²) in [6, 6.07) is 9.43. The SMILES string of the molecule is Cc1cc(C(=O)O[C@@H](C)C(=O)Nc2ccc(N3CCOCC3)cc2)c(C)s1. The molecular formula is C20H24N2O4S. The normalized spacial score (nSPS) is 15.3. The van der Waals surface area contributed by atoms with Crippen molar-refractivity contribution in [3.8, 4) is 0 Å². The van der Waals surface area contributed by atoms with E-state index >= 15 is 0 Å². The number of nitrogens with one attached hydrogen (secondary N) is 1. The summed E-state index contributed by atoms with van der Waals surface area (Å²) in [5, 5.41) is 2.79. The number of morpholine rings is 1. The highest BCUT2D eigenvalue weighted by Gasteiger charge is 2.21. The van der Waals surface area contributed by atoms with Crippen LogP contribution in [0.4, 0.5) is 11.4 Å². The number of aryl methyl sites for hydroxylation is 2. The van der Waals surface area contributed by atoms with E-state index in [0.717, 1.165) is 41.7 Å². The van der Waals surface area contributed by atoms with E-state index in [1.807, 2.05) is 38.1 Å². The highest BCUT2D eigenvalue weighted by atomic mass is 32.1. The van der Waals surface area contributed by atoms with Crippen LogP contribution >= 0.6 is 11.3 Å². The number of thiophene rings is 1. The summed E-state index contributed by atoms with van der Waals surface area (Å²) in [5.41, 5.74) is 2.29. The number of anilines is 2. The lowest BCUT2D eigenvalue weighted by molar-refractivity contribution is -0.123. The van der Waals surface area contributed by atoms with Gasteiger partial charge in [0, 0.05) is 34.2 Å². The molecule has 3 rings (SSSR count). The maximum atomic E-state index is 12.3. The second-order valence-electron chi connectivity index (χ2n) is 6.51. The molecule has 1 atom stereocenters. The Morgan fingerprint density at radius 3 is 2.44 bits per heavy atom. The van der Waals surface area contributed by atoms with Crippen molar-refractivity contribution in [2.75, 3.05) is 36.5 Å². The average Bonchev–Trinajstić information content (AvgIpc) is 3.01. The Morgan fingerprint density at radius 2 is 1.85 bits per heavy atom. The number of hydrogen-bond acceptors (Lipinski definition) is 6. The number of rotatable bonds is 5. The summed E-state index contributed by atoms with van der Waals surface area (Å²) in [4.78, 5) is 28.8. The van der Waals surface area contributed by atoms with Crippen molar-refractivity contribution in [1.82, 2.24) is 0 Å². The molecule has 1 N–H and O–H groups in total. The molecular weight excluding hydrogens is 364 g/mol. The van der Waals surface area contributed by atoms with E-state index in [1.165, 1.54) is 11.3 Å². The fraction of sp³-hybridized carbons (Fsp3) is 0.400. The second kappa shape index (κ2) is 8.54. The van der Waals surface area contributed by atoms with Crippen LogP contribution in [0.15, 0.2) is 30.3 Å². The zero-order valence-electron chi connectivity index (χ0n) is 15.8. The van der Waals surface area contributed by atoms with Crippen LogP contribution in [0.2, 0.25) is 0 Å². The van der Waals surface area contributed by atoms with Gasteiger partial charge in [-0.3, -0.25) is 4.79 Å². The lowest BCUT2D eigenvalue weighted by Gasteiger charge is -2.28. The molecule has 0 bridgehead atoms. The van der Waals surface area contributed by atoms with Gasteiger partial charge < -0.3 is 19.7 Å².